The maximum atomic E-state index is 13.2. The normalized spacial score (nSPS) is 15.1. The molecular weight excluding hydrogens is 455 g/mol. The highest BCUT2D eigenvalue weighted by Gasteiger charge is 2.32. The summed E-state index contributed by atoms with van der Waals surface area (Å²) in [6.07, 6.45) is 2.37. The second-order valence-electron chi connectivity index (χ2n) is 6.81. The molecule has 1 aromatic heterocycles. The van der Waals surface area contributed by atoms with E-state index in [1.807, 2.05) is 38.1 Å². The lowest BCUT2D eigenvalue weighted by atomic mass is 10.2. The molecule has 0 saturated carbocycles. The molecule has 0 atom stereocenters. The molecule has 2 aromatic carbocycles. The molecule has 0 aliphatic carbocycles. The molecule has 0 saturated heterocycles. The predicted molar refractivity (Wildman–Crippen MR) is 126 cm³/mol. The average molecular weight is 473 g/mol. The first-order chi connectivity index (χ1) is 14.9. The van der Waals surface area contributed by atoms with Crippen molar-refractivity contribution in [3.63, 3.8) is 0 Å². The van der Waals surface area contributed by atoms with E-state index in [0.717, 1.165) is 16.8 Å². The molecule has 1 aliphatic heterocycles. The molecule has 0 bridgehead atoms. The number of halogens is 2. The molecule has 0 N–H and O–H groups in total. The predicted octanol–water partition coefficient (Wildman–Crippen LogP) is 5.92. The van der Waals surface area contributed by atoms with Gasteiger partial charge < -0.3 is 4.42 Å². The van der Waals surface area contributed by atoms with Gasteiger partial charge in [0.2, 0.25) is 11.8 Å². The van der Waals surface area contributed by atoms with E-state index in [2.05, 4.69) is 15.2 Å². The van der Waals surface area contributed by atoms with E-state index in [9.17, 15) is 4.79 Å². The standard InChI is InChI=1S/C22H18Cl2N4O2S/c1-3-19-26-27-20(30-19)12-31-22-25-18(11-14-6-9-16(23)17(24)10-14)21(29)28(22)15-7-4-13(2)5-8-15/h4-11H,3,12H2,1-2H3/b18-11-. The van der Waals surface area contributed by atoms with Crippen LogP contribution in [0.2, 0.25) is 10.0 Å². The van der Waals surface area contributed by atoms with E-state index in [4.69, 9.17) is 27.6 Å². The zero-order valence-corrected chi connectivity index (χ0v) is 19.1. The van der Waals surface area contributed by atoms with Crippen LogP contribution in [0.25, 0.3) is 6.08 Å². The summed E-state index contributed by atoms with van der Waals surface area (Å²) in [6.45, 7) is 3.94. The zero-order valence-electron chi connectivity index (χ0n) is 16.8. The number of nitrogens with zero attached hydrogens (tertiary/aromatic N) is 4. The van der Waals surface area contributed by atoms with Crippen molar-refractivity contribution in [3.05, 3.63) is 81.1 Å². The first-order valence-corrected chi connectivity index (χ1v) is 11.3. The van der Waals surface area contributed by atoms with E-state index in [-0.39, 0.29) is 5.91 Å². The van der Waals surface area contributed by atoms with Crippen LogP contribution in [0.5, 0.6) is 0 Å². The molecular formula is C22H18Cl2N4O2S. The molecule has 4 rings (SSSR count). The van der Waals surface area contributed by atoms with Crippen LogP contribution in [0, 0.1) is 6.92 Å². The number of hydrogen-bond acceptors (Lipinski definition) is 6. The van der Waals surface area contributed by atoms with Crippen molar-refractivity contribution in [1.82, 2.24) is 10.2 Å². The fourth-order valence-corrected chi connectivity index (χ4v) is 4.05. The lowest BCUT2D eigenvalue weighted by Crippen LogP contribution is -2.30. The Morgan fingerprint density at radius 2 is 1.81 bits per heavy atom. The van der Waals surface area contributed by atoms with Crippen molar-refractivity contribution in [3.8, 4) is 0 Å². The Morgan fingerprint density at radius 1 is 1.06 bits per heavy atom. The smallest absolute Gasteiger partial charge is 0.283 e. The third kappa shape index (κ3) is 4.84. The van der Waals surface area contributed by atoms with Crippen molar-refractivity contribution in [2.75, 3.05) is 4.90 Å². The van der Waals surface area contributed by atoms with E-state index >= 15 is 0 Å². The van der Waals surface area contributed by atoms with Crippen LogP contribution in [-0.4, -0.2) is 21.3 Å². The Balaban J connectivity index is 1.66. The zero-order chi connectivity index (χ0) is 22.0. The highest BCUT2D eigenvalue weighted by Crippen LogP contribution is 2.31. The summed E-state index contributed by atoms with van der Waals surface area (Å²) < 4.78 is 5.58. The van der Waals surface area contributed by atoms with Crippen molar-refractivity contribution in [2.45, 2.75) is 26.0 Å². The molecule has 3 aromatic rings. The third-order valence-corrected chi connectivity index (χ3v) is 6.17. The first kappa shape index (κ1) is 21.6. The molecule has 0 unspecified atom stereocenters. The largest absolute Gasteiger partial charge is 0.424 e. The van der Waals surface area contributed by atoms with Gasteiger partial charge in [0, 0.05) is 6.42 Å². The minimum absolute atomic E-state index is 0.225. The Hall–Kier alpha value is -2.61. The fourth-order valence-electron chi connectivity index (χ4n) is 2.89. The van der Waals surface area contributed by atoms with Crippen LogP contribution in [0.3, 0.4) is 0 Å². The van der Waals surface area contributed by atoms with Crippen LogP contribution >= 0.6 is 35.0 Å². The van der Waals surface area contributed by atoms with Crippen LogP contribution in [0.1, 0.15) is 29.8 Å². The number of rotatable bonds is 5. The summed E-state index contributed by atoms with van der Waals surface area (Å²) >= 11 is 13.5. The molecule has 0 spiro atoms. The van der Waals surface area contributed by atoms with Gasteiger partial charge in [0.05, 0.1) is 21.5 Å². The van der Waals surface area contributed by atoms with Gasteiger partial charge in [-0.2, -0.15) is 0 Å². The van der Waals surface area contributed by atoms with Gasteiger partial charge in [-0.3, -0.25) is 9.69 Å². The molecule has 6 nitrogen and oxygen atoms in total. The van der Waals surface area contributed by atoms with Gasteiger partial charge >= 0.3 is 0 Å². The Morgan fingerprint density at radius 3 is 2.48 bits per heavy atom. The quantitative estimate of drug-likeness (QED) is 0.430. The minimum atomic E-state index is -0.225. The van der Waals surface area contributed by atoms with E-state index < -0.39 is 0 Å². The number of thioether (sulfide) groups is 1. The maximum absolute atomic E-state index is 13.2. The summed E-state index contributed by atoms with van der Waals surface area (Å²) in [5.74, 6) is 1.25. The number of amidine groups is 1. The van der Waals surface area contributed by atoms with E-state index in [1.165, 1.54) is 11.8 Å². The molecule has 158 valence electrons. The van der Waals surface area contributed by atoms with E-state index in [0.29, 0.717) is 44.9 Å². The highest BCUT2D eigenvalue weighted by atomic mass is 35.5. The van der Waals surface area contributed by atoms with Gasteiger partial charge in [0.25, 0.3) is 5.91 Å². The number of benzene rings is 2. The molecule has 2 heterocycles. The van der Waals surface area contributed by atoms with Crippen LogP contribution < -0.4 is 4.90 Å². The molecule has 1 amide bonds. The number of aromatic nitrogens is 2. The monoisotopic (exact) mass is 472 g/mol. The van der Waals surface area contributed by atoms with Gasteiger partial charge in [0.15, 0.2) is 5.17 Å². The Kier molecular flexibility index (Phi) is 6.46. The molecule has 0 radical (unpaired) electrons. The second-order valence-corrected chi connectivity index (χ2v) is 8.56. The first-order valence-electron chi connectivity index (χ1n) is 9.55. The maximum Gasteiger partial charge on any atom is 0.283 e. The van der Waals surface area contributed by atoms with E-state index in [1.54, 1.807) is 29.2 Å². The molecule has 0 fully saturated rings. The fraction of sp³-hybridized carbons (Fsp3) is 0.182. The number of hydrogen-bond donors (Lipinski definition) is 0. The summed E-state index contributed by atoms with van der Waals surface area (Å²) in [6, 6.07) is 12.9. The number of amides is 1. The van der Waals surface area contributed by atoms with Crippen molar-refractivity contribution >= 4 is 57.8 Å². The molecule has 31 heavy (non-hydrogen) atoms. The summed E-state index contributed by atoms with van der Waals surface area (Å²) in [7, 11) is 0. The summed E-state index contributed by atoms with van der Waals surface area (Å²) in [4.78, 5) is 19.4. The number of carbonyl (C=O) groups excluding carboxylic acids is 1. The van der Waals surface area contributed by atoms with Gasteiger partial charge in [-0.25, -0.2) is 4.99 Å². The molecule has 1 aliphatic rings. The average Bonchev–Trinajstić information content (AvgIpc) is 3.34. The molecule has 9 heteroatoms. The minimum Gasteiger partial charge on any atom is -0.424 e. The number of anilines is 1. The lowest BCUT2D eigenvalue weighted by Gasteiger charge is -2.17. The highest BCUT2D eigenvalue weighted by molar-refractivity contribution is 8.13. The summed E-state index contributed by atoms with van der Waals surface area (Å²) in [5, 5.41) is 9.43. The number of carbonyl (C=O) groups is 1. The number of aliphatic imine (C=N–C) groups is 1. The van der Waals surface area contributed by atoms with Gasteiger partial charge in [-0.05, 0) is 42.8 Å². The topological polar surface area (TPSA) is 71.6 Å². The summed E-state index contributed by atoms with van der Waals surface area (Å²) in [5.41, 5.74) is 2.88. The van der Waals surface area contributed by atoms with Crippen LogP contribution in [0.4, 0.5) is 5.69 Å². The third-order valence-electron chi connectivity index (χ3n) is 4.50. The number of aryl methyl sites for hydroxylation is 2. The Bertz CT molecular complexity index is 1190. The van der Waals surface area contributed by atoms with Crippen molar-refractivity contribution < 1.29 is 9.21 Å². The van der Waals surface area contributed by atoms with Gasteiger partial charge in [0.1, 0.15) is 5.70 Å². The van der Waals surface area contributed by atoms with Crippen molar-refractivity contribution in [2.24, 2.45) is 4.99 Å². The van der Waals surface area contributed by atoms with Gasteiger partial charge in [-0.15, -0.1) is 10.2 Å². The van der Waals surface area contributed by atoms with Crippen molar-refractivity contribution in [1.29, 1.82) is 0 Å². The van der Waals surface area contributed by atoms with Crippen LogP contribution in [-0.2, 0) is 17.0 Å². The lowest BCUT2D eigenvalue weighted by molar-refractivity contribution is -0.113. The second kappa shape index (κ2) is 9.26. The SMILES string of the molecule is CCc1nnc(CSC2=N/C(=C\c3ccc(Cl)c(Cl)c3)C(=O)N2c2ccc(C)cc2)o1. The van der Waals surface area contributed by atoms with Crippen LogP contribution in [0.15, 0.2) is 57.6 Å². The van der Waals surface area contributed by atoms with Gasteiger partial charge in [-0.1, -0.05) is 65.7 Å². The Labute approximate surface area is 194 Å².